The van der Waals surface area contributed by atoms with E-state index in [1.54, 1.807) is 0 Å². The summed E-state index contributed by atoms with van der Waals surface area (Å²) in [6.45, 7) is 4.08. The van der Waals surface area contributed by atoms with Gasteiger partial charge in [0.15, 0.2) is 0 Å². The van der Waals surface area contributed by atoms with Gasteiger partial charge in [-0.2, -0.15) is 0 Å². The molecule has 1 N–H and O–H groups in total. The summed E-state index contributed by atoms with van der Waals surface area (Å²) < 4.78 is 2.63. The molecule has 1 aromatic rings. The van der Waals surface area contributed by atoms with Crippen LogP contribution in [-0.2, 0) is 11.8 Å². The summed E-state index contributed by atoms with van der Waals surface area (Å²) in [6, 6.07) is 2.07. The lowest BCUT2D eigenvalue weighted by atomic mass is 10.2. The summed E-state index contributed by atoms with van der Waals surface area (Å²) in [7, 11) is 2.01. The quantitative estimate of drug-likeness (QED) is 0.614. The predicted octanol–water partition coefficient (Wildman–Crippen LogP) is 2.13. The maximum atomic E-state index is 11.5. The van der Waals surface area contributed by atoms with Crippen molar-refractivity contribution in [2.45, 2.75) is 13.8 Å². The van der Waals surface area contributed by atoms with E-state index in [1.165, 1.54) is 17.5 Å². The van der Waals surface area contributed by atoms with Crippen LogP contribution in [0.5, 0.6) is 0 Å². The third-order valence-electron chi connectivity index (χ3n) is 2.74. The molecule has 1 amide bonds. The van der Waals surface area contributed by atoms with Crippen molar-refractivity contribution in [2.24, 2.45) is 7.05 Å². The maximum Gasteiger partial charge on any atom is 0.263 e. The Morgan fingerprint density at radius 1 is 1.50 bits per heavy atom. The van der Waals surface area contributed by atoms with Crippen molar-refractivity contribution in [1.82, 2.24) is 9.88 Å². The van der Waals surface area contributed by atoms with Gasteiger partial charge in [-0.15, -0.1) is 0 Å². The van der Waals surface area contributed by atoms with Gasteiger partial charge in [0.1, 0.15) is 4.32 Å². The third-order valence-corrected chi connectivity index (χ3v) is 3.91. The van der Waals surface area contributed by atoms with Gasteiger partial charge < -0.3 is 9.88 Å². The standard InChI is InChI=1S/C11H12N2OS2/c1-6-4-8(7(2)13(6)3)5-9-10(14)12-11(15)16-9/h4-5H,1-3H3,(H,12,14,15)/b9-5+. The summed E-state index contributed by atoms with van der Waals surface area (Å²) in [4.78, 5) is 12.2. The molecule has 0 spiro atoms. The molecule has 1 aliphatic heterocycles. The number of aryl methyl sites for hydroxylation is 1. The molecule has 0 atom stereocenters. The lowest BCUT2D eigenvalue weighted by Crippen LogP contribution is -2.17. The predicted molar refractivity (Wildman–Crippen MR) is 71.2 cm³/mol. The number of nitrogens with one attached hydrogen (secondary N) is 1. The lowest BCUT2D eigenvalue weighted by molar-refractivity contribution is -0.115. The van der Waals surface area contributed by atoms with Crippen molar-refractivity contribution in [3.05, 3.63) is 27.9 Å². The normalized spacial score (nSPS) is 18.3. The molecule has 5 heteroatoms. The first-order valence-corrected chi connectivity index (χ1v) is 6.09. The van der Waals surface area contributed by atoms with Crippen LogP contribution in [0.1, 0.15) is 17.0 Å². The second-order valence-corrected chi connectivity index (χ2v) is 5.46. The highest BCUT2D eigenvalue weighted by Gasteiger charge is 2.22. The van der Waals surface area contributed by atoms with E-state index in [4.69, 9.17) is 12.2 Å². The van der Waals surface area contributed by atoms with Crippen molar-refractivity contribution < 1.29 is 4.79 Å². The zero-order valence-electron chi connectivity index (χ0n) is 9.33. The van der Waals surface area contributed by atoms with Crippen molar-refractivity contribution >= 4 is 40.3 Å². The molecule has 0 bridgehead atoms. The number of aromatic nitrogens is 1. The molecule has 1 aromatic heterocycles. The van der Waals surface area contributed by atoms with Crippen LogP contribution in [-0.4, -0.2) is 14.8 Å². The number of carbonyl (C=O) groups is 1. The number of carbonyl (C=O) groups excluding carboxylic acids is 1. The fourth-order valence-electron chi connectivity index (χ4n) is 1.59. The smallest absolute Gasteiger partial charge is 0.263 e. The lowest BCUT2D eigenvalue weighted by Gasteiger charge is -1.99. The average Bonchev–Trinajstić information content (AvgIpc) is 2.64. The Kier molecular flexibility index (Phi) is 2.90. The van der Waals surface area contributed by atoms with Crippen LogP contribution >= 0.6 is 24.0 Å². The fourth-order valence-corrected chi connectivity index (χ4v) is 2.63. The Hall–Kier alpha value is -1.07. The Balaban J connectivity index is 2.40. The highest BCUT2D eigenvalue weighted by atomic mass is 32.2. The molecular weight excluding hydrogens is 240 g/mol. The van der Waals surface area contributed by atoms with Crippen molar-refractivity contribution in [2.75, 3.05) is 0 Å². The van der Waals surface area contributed by atoms with E-state index in [-0.39, 0.29) is 5.91 Å². The first-order chi connectivity index (χ1) is 7.49. The number of nitrogens with zero attached hydrogens (tertiary/aromatic N) is 1. The first-order valence-electron chi connectivity index (χ1n) is 4.87. The molecule has 1 aliphatic rings. The van der Waals surface area contributed by atoms with Crippen LogP contribution < -0.4 is 5.32 Å². The Bertz CT molecular complexity index is 514. The minimum atomic E-state index is -0.101. The highest BCUT2D eigenvalue weighted by Crippen LogP contribution is 2.27. The van der Waals surface area contributed by atoms with E-state index in [1.807, 2.05) is 27.0 Å². The molecule has 0 radical (unpaired) electrons. The van der Waals surface area contributed by atoms with Crippen molar-refractivity contribution in [1.29, 1.82) is 0 Å². The van der Waals surface area contributed by atoms with Gasteiger partial charge in [0.2, 0.25) is 0 Å². The molecule has 0 aliphatic carbocycles. The maximum absolute atomic E-state index is 11.5. The van der Waals surface area contributed by atoms with Crippen LogP contribution in [0.4, 0.5) is 0 Å². The fraction of sp³-hybridized carbons (Fsp3) is 0.273. The first kappa shape index (κ1) is 11.4. The van der Waals surface area contributed by atoms with Crippen molar-refractivity contribution in [3.8, 4) is 0 Å². The van der Waals surface area contributed by atoms with Crippen LogP contribution in [0.25, 0.3) is 6.08 Å². The molecule has 16 heavy (non-hydrogen) atoms. The zero-order chi connectivity index (χ0) is 11.9. The average molecular weight is 252 g/mol. The Morgan fingerprint density at radius 3 is 2.62 bits per heavy atom. The van der Waals surface area contributed by atoms with Gasteiger partial charge in [-0.1, -0.05) is 24.0 Å². The van der Waals surface area contributed by atoms with E-state index in [0.717, 1.165) is 11.3 Å². The van der Waals surface area contributed by atoms with E-state index >= 15 is 0 Å². The summed E-state index contributed by atoms with van der Waals surface area (Å²) >= 11 is 6.25. The zero-order valence-corrected chi connectivity index (χ0v) is 11.0. The van der Waals surface area contributed by atoms with Gasteiger partial charge in [0.25, 0.3) is 5.91 Å². The molecule has 0 aromatic carbocycles. The molecule has 84 valence electrons. The molecular formula is C11H12N2OS2. The number of thiocarbonyl (C=S) groups is 1. The van der Waals surface area contributed by atoms with Crippen LogP contribution in [0, 0.1) is 13.8 Å². The SMILES string of the molecule is Cc1cc(/C=C2/SC(=S)NC2=O)c(C)n1C. The molecule has 2 rings (SSSR count). The monoisotopic (exact) mass is 252 g/mol. The topological polar surface area (TPSA) is 34.0 Å². The van der Waals surface area contributed by atoms with E-state index < -0.39 is 0 Å². The molecule has 0 unspecified atom stereocenters. The third kappa shape index (κ3) is 1.92. The molecule has 2 heterocycles. The largest absolute Gasteiger partial charge is 0.352 e. The molecule has 1 fully saturated rings. The Labute approximate surface area is 104 Å². The number of thioether (sulfide) groups is 1. The van der Waals surface area contributed by atoms with E-state index in [2.05, 4.69) is 16.0 Å². The summed E-state index contributed by atoms with van der Waals surface area (Å²) in [5, 5.41) is 2.61. The minimum absolute atomic E-state index is 0.101. The minimum Gasteiger partial charge on any atom is -0.352 e. The second kappa shape index (κ2) is 4.07. The van der Waals surface area contributed by atoms with Gasteiger partial charge in [0.05, 0.1) is 4.91 Å². The Morgan fingerprint density at radius 2 is 2.19 bits per heavy atom. The summed E-state index contributed by atoms with van der Waals surface area (Å²) in [6.07, 6.45) is 1.89. The second-order valence-electron chi connectivity index (χ2n) is 3.74. The van der Waals surface area contributed by atoms with Crippen LogP contribution in [0.3, 0.4) is 0 Å². The van der Waals surface area contributed by atoms with Gasteiger partial charge in [-0.3, -0.25) is 4.79 Å². The number of hydrogen-bond donors (Lipinski definition) is 1. The summed E-state index contributed by atoms with van der Waals surface area (Å²) in [5.41, 5.74) is 3.40. The summed E-state index contributed by atoms with van der Waals surface area (Å²) in [5.74, 6) is -0.101. The van der Waals surface area contributed by atoms with Gasteiger partial charge in [-0.05, 0) is 31.6 Å². The van der Waals surface area contributed by atoms with Gasteiger partial charge in [0, 0.05) is 18.4 Å². The molecule has 3 nitrogen and oxygen atoms in total. The van der Waals surface area contributed by atoms with Gasteiger partial charge >= 0.3 is 0 Å². The number of amides is 1. The van der Waals surface area contributed by atoms with Crippen LogP contribution in [0.2, 0.25) is 0 Å². The van der Waals surface area contributed by atoms with E-state index in [0.29, 0.717) is 9.23 Å². The van der Waals surface area contributed by atoms with Crippen molar-refractivity contribution in [3.63, 3.8) is 0 Å². The number of hydrogen-bond acceptors (Lipinski definition) is 3. The van der Waals surface area contributed by atoms with Gasteiger partial charge in [-0.25, -0.2) is 0 Å². The number of rotatable bonds is 1. The molecule has 0 saturated carbocycles. The molecule has 1 saturated heterocycles. The van der Waals surface area contributed by atoms with E-state index in [9.17, 15) is 4.79 Å². The van der Waals surface area contributed by atoms with Crippen LogP contribution in [0.15, 0.2) is 11.0 Å². The highest BCUT2D eigenvalue weighted by molar-refractivity contribution is 8.26.